The lowest BCUT2D eigenvalue weighted by molar-refractivity contribution is 0.0816. The molecule has 0 aliphatic carbocycles. The molecule has 4 rings (SSSR count). The summed E-state index contributed by atoms with van der Waals surface area (Å²) in [7, 11) is 1.53. The van der Waals surface area contributed by atoms with E-state index in [2.05, 4.69) is 43.9 Å². The van der Waals surface area contributed by atoms with E-state index in [1.165, 1.54) is 0 Å². The van der Waals surface area contributed by atoms with Crippen molar-refractivity contribution in [2.45, 2.75) is 44.8 Å². The molecule has 1 radical (unpaired) electrons. The lowest BCUT2D eigenvalue weighted by atomic mass is 10.1. The van der Waals surface area contributed by atoms with E-state index in [0.717, 1.165) is 67.1 Å². The zero-order valence-electron chi connectivity index (χ0n) is 18.5. The molecule has 8 nitrogen and oxygen atoms in total. The van der Waals surface area contributed by atoms with E-state index >= 15 is 0 Å². The van der Waals surface area contributed by atoms with Gasteiger partial charge in [0.15, 0.2) is 0 Å². The normalized spacial score (nSPS) is 15.2. The third-order valence-corrected chi connectivity index (χ3v) is 6.79. The predicted octanol–water partition coefficient (Wildman–Crippen LogP) is 3.91. The lowest BCUT2D eigenvalue weighted by Gasteiger charge is -2.31. The van der Waals surface area contributed by atoms with E-state index in [1.54, 1.807) is 13.3 Å². The van der Waals surface area contributed by atoms with Crippen LogP contribution in [0.2, 0.25) is 19.1 Å². The van der Waals surface area contributed by atoms with Crippen LogP contribution in [-0.2, 0) is 16.2 Å². The number of piperidine rings is 1. The minimum atomic E-state index is -0.250. The highest BCUT2D eigenvalue weighted by atomic mass is 28.3. The first-order valence-corrected chi connectivity index (χ1v) is 13.5. The highest BCUT2D eigenvalue weighted by Gasteiger charge is 2.20. The van der Waals surface area contributed by atoms with Crippen LogP contribution in [0.3, 0.4) is 0 Å². The lowest BCUT2D eigenvalue weighted by Crippen LogP contribution is -2.37. The number of ether oxygens (including phenoxy) is 2. The largest absolute Gasteiger partial charge is 0.381 e. The quantitative estimate of drug-likeness (QED) is 0.400. The Hall–Kier alpha value is -2.49. The summed E-state index contributed by atoms with van der Waals surface area (Å²) < 4.78 is 13.4. The van der Waals surface area contributed by atoms with Gasteiger partial charge in [-0.05, 0) is 31.0 Å². The number of hydrogen-bond acceptors (Lipinski definition) is 7. The van der Waals surface area contributed by atoms with E-state index in [0.29, 0.717) is 12.8 Å². The molecule has 0 saturated carbocycles. The Labute approximate surface area is 185 Å². The molecule has 0 spiro atoms. The van der Waals surface area contributed by atoms with Crippen molar-refractivity contribution in [1.29, 1.82) is 0 Å². The Balaban J connectivity index is 1.43. The maximum Gasteiger partial charge on any atom is 0.227 e. The fourth-order valence-corrected chi connectivity index (χ4v) is 4.25. The summed E-state index contributed by atoms with van der Waals surface area (Å²) in [4.78, 5) is 15.9. The topological polar surface area (TPSA) is 77.3 Å². The van der Waals surface area contributed by atoms with E-state index in [4.69, 9.17) is 14.5 Å². The molecule has 31 heavy (non-hydrogen) atoms. The Morgan fingerprint density at radius 2 is 2.00 bits per heavy atom. The Morgan fingerprint density at radius 1 is 1.16 bits per heavy atom. The van der Waals surface area contributed by atoms with Gasteiger partial charge in [-0.15, -0.1) is 0 Å². The van der Waals surface area contributed by atoms with E-state index < -0.39 is 0 Å². The summed E-state index contributed by atoms with van der Waals surface area (Å²) in [5.41, 5.74) is 1.09. The molecule has 0 bridgehead atoms. The van der Waals surface area contributed by atoms with Crippen LogP contribution in [0.25, 0.3) is 10.9 Å². The van der Waals surface area contributed by atoms with Crippen LogP contribution in [0, 0.1) is 0 Å². The zero-order valence-corrected chi connectivity index (χ0v) is 19.5. The summed E-state index contributed by atoms with van der Waals surface area (Å²) in [6.45, 7) is 7.78. The number of pyridine rings is 1. The van der Waals surface area contributed by atoms with Gasteiger partial charge >= 0.3 is 0 Å². The molecule has 4 heterocycles. The SMILES string of the molecule is COC1CCN(c2nccc(Nc3cc4c(ccn4COCC[Si](C)C)cn3)n2)CC1. The van der Waals surface area contributed by atoms with Crippen molar-refractivity contribution < 1.29 is 9.47 Å². The highest BCUT2D eigenvalue weighted by molar-refractivity contribution is 6.55. The van der Waals surface area contributed by atoms with Gasteiger partial charge in [0.1, 0.15) is 18.4 Å². The second-order valence-electron chi connectivity index (χ2n) is 8.20. The summed E-state index contributed by atoms with van der Waals surface area (Å²) >= 11 is 0. The van der Waals surface area contributed by atoms with Crippen LogP contribution >= 0.6 is 0 Å². The van der Waals surface area contributed by atoms with Crippen LogP contribution in [0.15, 0.2) is 36.8 Å². The van der Waals surface area contributed by atoms with Crippen molar-refractivity contribution in [1.82, 2.24) is 19.5 Å². The Kier molecular flexibility index (Phi) is 7.16. The third-order valence-electron chi connectivity index (χ3n) is 5.59. The van der Waals surface area contributed by atoms with Crippen LogP contribution in [-0.4, -0.2) is 61.2 Å². The molecule has 1 aliphatic rings. The van der Waals surface area contributed by atoms with Gasteiger partial charge in [0.05, 0.1) is 11.6 Å². The van der Waals surface area contributed by atoms with Crippen LogP contribution < -0.4 is 10.2 Å². The molecule has 0 amide bonds. The summed E-state index contributed by atoms with van der Waals surface area (Å²) in [6, 6.07) is 7.14. The third kappa shape index (κ3) is 5.60. The maximum absolute atomic E-state index is 5.87. The Morgan fingerprint density at radius 3 is 2.77 bits per heavy atom. The van der Waals surface area contributed by atoms with Gasteiger partial charge in [0, 0.05) is 65.6 Å². The minimum absolute atomic E-state index is 0.250. The van der Waals surface area contributed by atoms with Gasteiger partial charge in [0.25, 0.3) is 0 Å². The average molecular weight is 440 g/mol. The smallest absolute Gasteiger partial charge is 0.227 e. The molecule has 9 heteroatoms. The second-order valence-corrected chi connectivity index (χ2v) is 11.1. The number of fused-ring (bicyclic) bond motifs is 1. The molecule has 1 aliphatic heterocycles. The molecule has 0 aromatic carbocycles. The Bertz CT molecular complexity index is 987. The number of anilines is 3. The fraction of sp³-hybridized carbons (Fsp3) is 0.500. The van der Waals surface area contributed by atoms with Crippen molar-refractivity contribution in [3.8, 4) is 0 Å². The van der Waals surface area contributed by atoms with Gasteiger partial charge in [-0.25, -0.2) is 9.97 Å². The number of rotatable bonds is 9. The molecule has 1 saturated heterocycles. The highest BCUT2D eigenvalue weighted by Crippen LogP contribution is 2.22. The van der Waals surface area contributed by atoms with E-state index in [-0.39, 0.29) is 8.80 Å². The van der Waals surface area contributed by atoms with Gasteiger partial charge in [0.2, 0.25) is 5.95 Å². The van der Waals surface area contributed by atoms with Crippen LogP contribution in [0.1, 0.15) is 12.8 Å². The monoisotopic (exact) mass is 439 g/mol. The van der Waals surface area contributed by atoms with Gasteiger partial charge in [-0.1, -0.05) is 13.1 Å². The second kappa shape index (κ2) is 10.2. The van der Waals surface area contributed by atoms with Gasteiger partial charge in [-0.2, -0.15) is 4.98 Å². The minimum Gasteiger partial charge on any atom is -0.381 e. The number of methoxy groups -OCH3 is 1. The molecule has 165 valence electrons. The van der Waals surface area contributed by atoms with Crippen LogP contribution in [0.5, 0.6) is 0 Å². The van der Waals surface area contributed by atoms with Gasteiger partial charge < -0.3 is 24.3 Å². The van der Waals surface area contributed by atoms with Crippen molar-refractivity contribution in [2.24, 2.45) is 0 Å². The van der Waals surface area contributed by atoms with Crippen molar-refractivity contribution in [2.75, 3.05) is 37.0 Å². The first-order valence-electron chi connectivity index (χ1n) is 10.8. The fourth-order valence-electron chi connectivity index (χ4n) is 3.70. The van der Waals surface area contributed by atoms with E-state index in [1.807, 2.05) is 24.5 Å². The predicted molar refractivity (Wildman–Crippen MR) is 126 cm³/mol. The molecule has 1 fully saturated rings. The summed E-state index contributed by atoms with van der Waals surface area (Å²) in [6.07, 6.45) is 8.04. The molecule has 1 N–H and O–H groups in total. The standard InChI is InChI=1S/C22H31N6O2Si/c1-29-18-6-10-27(11-7-18)22-23-8-4-20(26-22)25-21-14-19-17(15-24-21)5-9-28(19)16-30-12-13-31(2)3/h4-5,8-9,14-15,18H,6-7,10-13,16H2,1-3H3,(H,23,24,25,26). The number of nitrogens with zero attached hydrogens (tertiary/aromatic N) is 5. The summed E-state index contributed by atoms with van der Waals surface area (Å²) in [5.74, 6) is 2.23. The molecule has 3 aromatic heterocycles. The van der Waals surface area contributed by atoms with Gasteiger partial charge in [-0.3, -0.25) is 0 Å². The molecular formula is C22H31N6O2Si. The van der Waals surface area contributed by atoms with Crippen molar-refractivity contribution >= 4 is 37.3 Å². The maximum atomic E-state index is 5.87. The average Bonchev–Trinajstić information content (AvgIpc) is 3.19. The van der Waals surface area contributed by atoms with Crippen LogP contribution in [0.4, 0.5) is 17.6 Å². The number of aromatic nitrogens is 4. The van der Waals surface area contributed by atoms with Crippen molar-refractivity contribution in [3.05, 3.63) is 36.8 Å². The number of hydrogen-bond donors (Lipinski definition) is 1. The first kappa shape index (κ1) is 21.7. The molecular weight excluding hydrogens is 408 g/mol. The first-order chi connectivity index (χ1) is 15.1. The summed E-state index contributed by atoms with van der Waals surface area (Å²) in [5, 5.41) is 4.42. The number of nitrogens with one attached hydrogen (secondary N) is 1. The van der Waals surface area contributed by atoms with E-state index in [9.17, 15) is 0 Å². The molecule has 0 unspecified atom stereocenters. The molecule has 3 aromatic rings. The van der Waals surface area contributed by atoms with Crippen molar-refractivity contribution in [3.63, 3.8) is 0 Å². The molecule has 0 atom stereocenters. The zero-order chi connectivity index (χ0) is 21.6.